The highest BCUT2D eigenvalue weighted by Crippen LogP contribution is 2.28. The van der Waals surface area contributed by atoms with Crippen molar-refractivity contribution in [2.24, 2.45) is 7.05 Å². The molecule has 0 saturated carbocycles. The normalized spacial score (nSPS) is 16.6. The molecule has 1 saturated heterocycles. The number of carbonyl (C=O) groups is 1. The third-order valence-electron chi connectivity index (χ3n) is 5.97. The van der Waals surface area contributed by atoms with Crippen molar-refractivity contribution in [3.05, 3.63) is 64.6 Å². The van der Waals surface area contributed by atoms with Gasteiger partial charge in [-0.1, -0.05) is 6.07 Å². The van der Waals surface area contributed by atoms with Gasteiger partial charge >= 0.3 is 11.6 Å². The van der Waals surface area contributed by atoms with Crippen molar-refractivity contribution < 1.29 is 4.79 Å². The zero-order valence-corrected chi connectivity index (χ0v) is 17.1. The number of hydrogen-bond donors (Lipinski definition) is 0. The number of likely N-dealkylation sites (tertiary alicyclic amines) is 1. The summed E-state index contributed by atoms with van der Waals surface area (Å²) in [5.41, 5.74) is 3.77. The summed E-state index contributed by atoms with van der Waals surface area (Å²) in [7, 11) is 1.74. The van der Waals surface area contributed by atoms with Gasteiger partial charge in [-0.15, -0.1) is 0 Å². The molecular formula is C22H21N7O2. The number of rotatable bonds is 3. The molecule has 4 aromatic rings. The van der Waals surface area contributed by atoms with Crippen LogP contribution in [-0.4, -0.2) is 54.2 Å². The lowest BCUT2D eigenvalue weighted by Gasteiger charge is -2.32. The molecule has 1 atom stereocenters. The minimum Gasteiger partial charge on any atom is -0.334 e. The highest BCUT2D eigenvalue weighted by Gasteiger charge is 2.29. The molecule has 156 valence electrons. The van der Waals surface area contributed by atoms with Gasteiger partial charge in [0.15, 0.2) is 5.65 Å². The van der Waals surface area contributed by atoms with Crippen molar-refractivity contribution in [1.29, 1.82) is 0 Å². The number of carbonyl (C=O) groups excluding carboxylic acids is 1. The Morgan fingerprint density at radius 1 is 1.26 bits per heavy atom. The summed E-state index contributed by atoms with van der Waals surface area (Å²) in [6.07, 6.45) is 5.22. The van der Waals surface area contributed by atoms with E-state index in [-0.39, 0.29) is 24.2 Å². The number of imidazole rings is 1. The Hall–Kier alpha value is -3.93. The van der Waals surface area contributed by atoms with Crippen molar-refractivity contribution in [2.75, 3.05) is 19.6 Å². The van der Waals surface area contributed by atoms with Crippen LogP contribution in [0.3, 0.4) is 0 Å². The molecule has 0 radical (unpaired) electrons. The van der Waals surface area contributed by atoms with Gasteiger partial charge in [-0.25, -0.2) is 20.9 Å². The van der Waals surface area contributed by atoms with E-state index in [1.165, 1.54) is 0 Å². The van der Waals surface area contributed by atoms with Gasteiger partial charge in [-0.2, -0.15) is 5.10 Å². The Morgan fingerprint density at radius 3 is 2.97 bits per heavy atom. The fourth-order valence-electron chi connectivity index (χ4n) is 4.41. The SMILES string of the molecule is [C-]#[N+]CC(=O)N1CCC[C@H](n2c(=O)n(C)c3ccc(-c4cnn5ccccc45)nc32)C1. The minimum atomic E-state index is -0.187. The van der Waals surface area contributed by atoms with Gasteiger partial charge < -0.3 is 9.74 Å². The van der Waals surface area contributed by atoms with Crippen LogP contribution in [0.15, 0.2) is 47.5 Å². The van der Waals surface area contributed by atoms with Crippen LogP contribution in [0, 0.1) is 6.57 Å². The van der Waals surface area contributed by atoms with E-state index in [2.05, 4.69) is 9.94 Å². The summed E-state index contributed by atoms with van der Waals surface area (Å²) in [5.74, 6) is -0.187. The van der Waals surface area contributed by atoms with E-state index in [1.54, 1.807) is 31.8 Å². The Morgan fingerprint density at radius 2 is 2.13 bits per heavy atom. The number of pyridine rings is 2. The molecular weight excluding hydrogens is 394 g/mol. The molecule has 0 unspecified atom stereocenters. The van der Waals surface area contributed by atoms with E-state index in [4.69, 9.17) is 11.6 Å². The first-order valence-electron chi connectivity index (χ1n) is 10.2. The van der Waals surface area contributed by atoms with Crippen LogP contribution in [0.1, 0.15) is 18.9 Å². The molecule has 1 aliphatic rings. The van der Waals surface area contributed by atoms with Gasteiger partial charge in [-0.05, 0) is 37.1 Å². The maximum Gasteiger partial charge on any atom is 0.330 e. The number of aryl methyl sites for hydroxylation is 1. The molecule has 0 spiro atoms. The van der Waals surface area contributed by atoms with E-state index >= 15 is 0 Å². The van der Waals surface area contributed by atoms with Crippen LogP contribution in [0.25, 0.3) is 32.8 Å². The van der Waals surface area contributed by atoms with E-state index in [0.29, 0.717) is 18.7 Å². The lowest BCUT2D eigenvalue weighted by atomic mass is 10.1. The number of hydrogen-bond acceptors (Lipinski definition) is 4. The van der Waals surface area contributed by atoms with Crippen molar-refractivity contribution in [2.45, 2.75) is 18.9 Å². The second-order valence-corrected chi connectivity index (χ2v) is 7.79. The molecule has 1 fully saturated rings. The molecule has 5 heterocycles. The Kier molecular flexibility index (Phi) is 4.55. The molecule has 1 aliphatic heterocycles. The lowest BCUT2D eigenvalue weighted by Crippen LogP contribution is -2.43. The molecule has 0 aliphatic carbocycles. The van der Waals surface area contributed by atoms with Crippen LogP contribution < -0.4 is 5.69 Å². The summed E-state index contributed by atoms with van der Waals surface area (Å²) in [5, 5.41) is 4.39. The van der Waals surface area contributed by atoms with Crippen molar-refractivity contribution >= 4 is 22.6 Å². The second-order valence-electron chi connectivity index (χ2n) is 7.79. The topological polar surface area (TPSA) is 81.8 Å². The highest BCUT2D eigenvalue weighted by molar-refractivity contribution is 5.82. The number of piperidine rings is 1. The van der Waals surface area contributed by atoms with Crippen molar-refractivity contribution in [3.63, 3.8) is 0 Å². The molecule has 4 aromatic heterocycles. The maximum atomic E-state index is 13.1. The molecule has 1 amide bonds. The summed E-state index contributed by atoms with van der Waals surface area (Å²) in [4.78, 5) is 35.1. The van der Waals surface area contributed by atoms with Gasteiger partial charge in [0.2, 0.25) is 0 Å². The third-order valence-corrected chi connectivity index (χ3v) is 5.97. The van der Waals surface area contributed by atoms with E-state index in [1.807, 2.05) is 36.5 Å². The lowest BCUT2D eigenvalue weighted by molar-refractivity contribution is -0.130. The van der Waals surface area contributed by atoms with Gasteiger partial charge in [0.1, 0.15) is 0 Å². The quantitative estimate of drug-likeness (QED) is 0.480. The summed E-state index contributed by atoms with van der Waals surface area (Å²) in [6.45, 7) is 7.83. The summed E-state index contributed by atoms with van der Waals surface area (Å²) >= 11 is 0. The standard InChI is InChI=1S/C22H21N7O2/c1-23-13-20(30)27-10-5-6-15(14-27)29-21-19(26(2)22(29)31)9-8-17(25-21)16-12-24-28-11-4-3-7-18(16)28/h3-4,7-9,11-12,15H,5-6,10,13-14H2,2H3/t15-/m0/s1. The average molecular weight is 415 g/mol. The molecule has 31 heavy (non-hydrogen) atoms. The van der Waals surface area contributed by atoms with E-state index in [9.17, 15) is 9.59 Å². The van der Waals surface area contributed by atoms with Crippen LogP contribution in [0.4, 0.5) is 0 Å². The molecule has 0 bridgehead atoms. The first-order chi connectivity index (χ1) is 15.1. The van der Waals surface area contributed by atoms with Crippen molar-refractivity contribution in [1.82, 2.24) is 28.6 Å². The fraction of sp³-hybridized carbons (Fsp3) is 0.318. The largest absolute Gasteiger partial charge is 0.334 e. The van der Waals surface area contributed by atoms with Crippen LogP contribution in [-0.2, 0) is 11.8 Å². The highest BCUT2D eigenvalue weighted by atomic mass is 16.2. The predicted molar refractivity (Wildman–Crippen MR) is 115 cm³/mol. The fourth-order valence-corrected chi connectivity index (χ4v) is 4.41. The molecule has 0 aromatic carbocycles. The average Bonchev–Trinajstić information content (AvgIpc) is 3.33. The van der Waals surface area contributed by atoms with E-state index < -0.39 is 0 Å². The number of nitrogens with zero attached hydrogens (tertiary/aromatic N) is 7. The zero-order valence-electron chi connectivity index (χ0n) is 17.1. The van der Waals surface area contributed by atoms with Crippen LogP contribution in [0.5, 0.6) is 0 Å². The van der Waals surface area contributed by atoms with Gasteiger partial charge in [0.25, 0.3) is 6.54 Å². The number of amides is 1. The second kappa shape index (κ2) is 7.40. The van der Waals surface area contributed by atoms with Gasteiger partial charge in [0.05, 0.1) is 29.0 Å². The number of fused-ring (bicyclic) bond motifs is 2. The first-order valence-corrected chi connectivity index (χ1v) is 10.2. The Labute approximate surface area is 178 Å². The van der Waals surface area contributed by atoms with Gasteiger partial charge in [0, 0.05) is 31.9 Å². The Balaban J connectivity index is 1.61. The molecule has 0 N–H and O–H groups in total. The summed E-state index contributed by atoms with van der Waals surface area (Å²) < 4.78 is 5.10. The summed E-state index contributed by atoms with van der Waals surface area (Å²) in [6, 6.07) is 9.49. The smallest absolute Gasteiger partial charge is 0.330 e. The van der Waals surface area contributed by atoms with Gasteiger partial charge in [-0.3, -0.25) is 13.9 Å². The molecule has 9 heteroatoms. The maximum absolute atomic E-state index is 13.1. The Bertz CT molecular complexity index is 1410. The molecule has 5 rings (SSSR count). The van der Waals surface area contributed by atoms with E-state index in [0.717, 1.165) is 35.1 Å². The first kappa shape index (κ1) is 19.1. The monoisotopic (exact) mass is 415 g/mol. The van der Waals surface area contributed by atoms with Crippen molar-refractivity contribution in [3.8, 4) is 11.3 Å². The predicted octanol–water partition coefficient (Wildman–Crippen LogP) is 2.13. The minimum absolute atomic E-state index is 0.149. The zero-order chi connectivity index (χ0) is 21.5. The number of aromatic nitrogens is 5. The molecule has 9 nitrogen and oxygen atoms in total. The third kappa shape index (κ3) is 3.08. The van der Waals surface area contributed by atoms with Crippen LogP contribution >= 0.6 is 0 Å². The van der Waals surface area contributed by atoms with Crippen LogP contribution in [0.2, 0.25) is 0 Å².